The van der Waals surface area contributed by atoms with Gasteiger partial charge < -0.3 is 20.9 Å². The average Bonchev–Trinajstić information content (AvgIpc) is 2.78. The number of aliphatic hydroxyl groups is 1. The number of aliphatic hydroxyl groups excluding tert-OH is 1. The van der Waals surface area contributed by atoms with Crippen molar-refractivity contribution in [2.24, 2.45) is 5.73 Å². The highest BCUT2D eigenvalue weighted by molar-refractivity contribution is 5.91. The van der Waals surface area contributed by atoms with Crippen LogP contribution in [-0.4, -0.2) is 58.9 Å². The van der Waals surface area contributed by atoms with E-state index in [0.29, 0.717) is 26.1 Å². The summed E-state index contributed by atoms with van der Waals surface area (Å²) in [5, 5.41) is 19.5. The molecule has 8 heteroatoms. The van der Waals surface area contributed by atoms with Gasteiger partial charge in [-0.05, 0) is 6.42 Å². The largest absolute Gasteiger partial charge is 0.391 e. The molecule has 1 aromatic rings. The van der Waals surface area contributed by atoms with Crippen molar-refractivity contribution in [1.29, 1.82) is 0 Å². The Bertz CT molecular complexity index is 368. The summed E-state index contributed by atoms with van der Waals surface area (Å²) in [5.41, 5.74) is 5.60. The molecule has 0 bridgehead atoms. The van der Waals surface area contributed by atoms with Gasteiger partial charge in [-0.25, -0.2) is 0 Å². The minimum absolute atomic E-state index is 0.240. The van der Waals surface area contributed by atoms with E-state index in [0.717, 1.165) is 0 Å². The minimum Gasteiger partial charge on any atom is -0.391 e. The van der Waals surface area contributed by atoms with Crippen LogP contribution in [0, 0.1) is 0 Å². The van der Waals surface area contributed by atoms with Crippen molar-refractivity contribution in [3.8, 4) is 0 Å². The van der Waals surface area contributed by atoms with E-state index < -0.39 is 6.10 Å². The molecule has 0 saturated carbocycles. The van der Waals surface area contributed by atoms with Gasteiger partial charge in [0.25, 0.3) is 5.91 Å². The molecule has 1 amide bonds. The number of methoxy groups -OCH3 is 1. The number of carbonyl (C=O) groups excluding carboxylic acids is 1. The average molecular weight is 257 g/mol. The summed E-state index contributed by atoms with van der Waals surface area (Å²) in [7, 11) is 1.51. The topological polar surface area (TPSA) is 115 Å². The molecule has 8 nitrogen and oxygen atoms in total. The Kier molecular flexibility index (Phi) is 6.26. The minimum atomic E-state index is -0.580. The molecule has 4 N–H and O–H groups in total. The van der Waals surface area contributed by atoms with Crippen molar-refractivity contribution in [2.45, 2.75) is 19.1 Å². The van der Waals surface area contributed by atoms with Crippen molar-refractivity contribution in [3.63, 3.8) is 0 Å². The van der Waals surface area contributed by atoms with E-state index in [1.807, 2.05) is 0 Å². The van der Waals surface area contributed by atoms with Gasteiger partial charge in [0.1, 0.15) is 0 Å². The highest BCUT2D eigenvalue weighted by Crippen LogP contribution is 1.94. The number of hydrogen-bond donors (Lipinski definition) is 3. The molecule has 1 rings (SSSR count). The maximum Gasteiger partial charge on any atom is 0.273 e. The molecule has 0 fully saturated rings. The Balaban J connectivity index is 2.31. The highest BCUT2D eigenvalue weighted by atomic mass is 16.5. The molecule has 1 unspecified atom stereocenters. The van der Waals surface area contributed by atoms with Crippen LogP contribution < -0.4 is 11.1 Å². The number of nitrogens with one attached hydrogen (secondary N) is 1. The maximum absolute atomic E-state index is 11.6. The first-order chi connectivity index (χ1) is 8.67. The van der Waals surface area contributed by atoms with Crippen LogP contribution in [0.25, 0.3) is 0 Å². The van der Waals surface area contributed by atoms with Crippen LogP contribution in [0.5, 0.6) is 0 Å². The summed E-state index contributed by atoms with van der Waals surface area (Å²) in [6.07, 6.45) is 1.38. The monoisotopic (exact) mass is 257 g/mol. The van der Waals surface area contributed by atoms with E-state index in [9.17, 15) is 9.90 Å². The molecule has 18 heavy (non-hydrogen) atoms. The van der Waals surface area contributed by atoms with Crippen LogP contribution in [0.15, 0.2) is 6.20 Å². The smallest absolute Gasteiger partial charge is 0.273 e. The summed E-state index contributed by atoms with van der Waals surface area (Å²) in [5.74, 6) is -0.317. The van der Waals surface area contributed by atoms with Gasteiger partial charge in [0.2, 0.25) is 0 Å². The summed E-state index contributed by atoms with van der Waals surface area (Å²) in [4.78, 5) is 11.6. The van der Waals surface area contributed by atoms with Crippen LogP contribution in [0.2, 0.25) is 0 Å². The molecule has 102 valence electrons. The first-order valence-corrected chi connectivity index (χ1v) is 5.72. The zero-order chi connectivity index (χ0) is 13.4. The van der Waals surface area contributed by atoms with Crippen molar-refractivity contribution < 1.29 is 14.6 Å². The van der Waals surface area contributed by atoms with Crippen LogP contribution in [0.3, 0.4) is 0 Å². The van der Waals surface area contributed by atoms with Gasteiger partial charge in [0.15, 0.2) is 5.69 Å². The van der Waals surface area contributed by atoms with E-state index in [1.54, 1.807) is 0 Å². The molecule has 0 aliphatic rings. The zero-order valence-electron chi connectivity index (χ0n) is 10.4. The molecule has 0 aliphatic heterocycles. The molecule has 0 radical (unpaired) electrons. The molecule has 0 aliphatic carbocycles. The second kappa shape index (κ2) is 7.75. The summed E-state index contributed by atoms with van der Waals surface area (Å²) in [6.45, 7) is 1.57. The Labute approximate surface area is 105 Å². The number of nitrogens with two attached hydrogens (primary N) is 1. The quantitative estimate of drug-likeness (QED) is 0.514. The fourth-order valence-electron chi connectivity index (χ4n) is 1.36. The highest BCUT2D eigenvalue weighted by Gasteiger charge is 2.11. The standard InChI is InChI=1S/C10H19N5O3/c1-18-7-8(16)2-4-12-10(17)9-6-15(5-3-11)14-13-9/h6,8,16H,2-5,7,11H2,1H3,(H,12,17). The Hall–Kier alpha value is -1.51. The van der Waals surface area contributed by atoms with E-state index >= 15 is 0 Å². The molecule has 0 saturated heterocycles. The molecule has 1 aromatic heterocycles. The molecule has 0 aromatic carbocycles. The third kappa shape index (κ3) is 4.78. The molecule has 0 spiro atoms. The number of aromatic nitrogens is 3. The van der Waals surface area contributed by atoms with Crippen molar-refractivity contribution in [1.82, 2.24) is 20.3 Å². The number of ether oxygens (including phenoxy) is 1. The van der Waals surface area contributed by atoms with Crippen molar-refractivity contribution >= 4 is 5.91 Å². The molecular formula is C10H19N5O3. The van der Waals surface area contributed by atoms with Crippen molar-refractivity contribution in [2.75, 3.05) is 26.8 Å². The third-order valence-electron chi connectivity index (χ3n) is 2.25. The number of carbonyl (C=O) groups is 1. The lowest BCUT2D eigenvalue weighted by Gasteiger charge is -2.09. The van der Waals surface area contributed by atoms with Gasteiger partial charge >= 0.3 is 0 Å². The lowest BCUT2D eigenvalue weighted by atomic mass is 10.2. The fraction of sp³-hybridized carbons (Fsp3) is 0.700. The molecule has 1 atom stereocenters. The van der Waals surface area contributed by atoms with Crippen LogP contribution in [-0.2, 0) is 11.3 Å². The normalized spacial score (nSPS) is 12.4. The number of nitrogens with zero attached hydrogens (tertiary/aromatic N) is 3. The van der Waals surface area contributed by atoms with Gasteiger partial charge in [-0.1, -0.05) is 5.21 Å². The Morgan fingerprint density at radius 3 is 3.17 bits per heavy atom. The van der Waals surface area contributed by atoms with Gasteiger partial charge in [0.05, 0.1) is 25.5 Å². The van der Waals surface area contributed by atoms with Crippen LogP contribution >= 0.6 is 0 Å². The summed E-state index contributed by atoms with van der Waals surface area (Å²) in [6, 6.07) is 0. The number of amides is 1. The fourth-order valence-corrected chi connectivity index (χ4v) is 1.36. The third-order valence-corrected chi connectivity index (χ3v) is 2.25. The first-order valence-electron chi connectivity index (χ1n) is 5.72. The van der Waals surface area contributed by atoms with Crippen LogP contribution in [0.4, 0.5) is 0 Å². The van der Waals surface area contributed by atoms with Crippen LogP contribution in [0.1, 0.15) is 16.9 Å². The Morgan fingerprint density at radius 2 is 2.50 bits per heavy atom. The SMILES string of the molecule is COCC(O)CCNC(=O)c1cn(CCN)nn1. The number of rotatable bonds is 8. The summed E-state index contributed by atoms with van der Waals surface area (Å²) < 4.78 is 6.28. The van der Waals surface area contributed by atoms with E-state index in [2.05, 4.69) is 15.6 Å². The van der Waals surface area contributed by atoms with Gasteiger partial charge in [-0.2, -0.15) is 0 Å². The number of hydrogen-bond acceptors (Lipinski definition) is 6. The predicted octanol–water partition coefficient (Wildman–Crippen LogP) is -1.64. The van der Waals surface area contributed by atoms with Gasteiger partial charge in [0, 0.05) is 20.2 Å². The van der Waals surface area contributed by atoms with E-state index in [4.69, 9.17) is 10.5 Å². The summed E-state index contributed by atoms with van der Waals surface area (Å²) >= 11 is 0. The van der Waals surface area contributed by atoms with Crippen molar-refractivity contribution in [3.05, 3.63) is 11.9 Å². The van der Waals surface area contributed by atoms with E-state index in [1.165, 1.54) is 18.0 Å². The molecule has 1 heterocycles. The predicted molar refractivity (Wildman–Crippen MR) is 63.9 cm³/mol. The van der Waals surface area contributed by atoms with E-state index in [-0.39, 0.29) is 18.2 Å². The molecular weight excluding hydrogens is 238 g/mol. The zero-order valence-corrected chi connectivity index (χ0v) is 10.4. The lowest BCUT2D eigenvalue weighted by molar-refractivity contribution is 0.0587. The maximum atomic E-state index is 11.6. The Morgan fingerprint density at radius 1 is 1.72 bits per heavy atom. The van der Waals surface area contributed by atoms with Gasteiger partial charge in [-0.3, -0.25) is 9.48 Å². The second-order valence-corrected chi connectivity index (χ2v) is 3.81. The second-order valence-electron chi connectivity index (χ2n) is 3.81. The first kappa shape index (κ1) is 14.6. The lowest BCUT2D eigenvalue weighted by Crippen LogP contribution is -2.28. The van der Waals surface area contributed by atoms with Gasteiger partial charge in [-0.15, -0.1) is 5.10 Å².